The minimum atomic E-state index is -0.144. The van der Waals surface area contributed by atoms with Crippen LogP contribution in [0.1, 0.15) is 41.5 Å². The van der Waals surface area contributed by atoms with Crippen LogP contribution in [0.15, 0.2) is 54.7 Å². The quantitative estimate of drug-likeness (QED) is 0.724. The molecular weight excluding hydrogens is 300 g/mol. The highest BCUT2D eigenvalue weighted by atomic mass is 16.2. The second kappa shape index (κ2) is 7.17. The number of anilines is 1. The van der Waals surface area contributed by atoms with E-state index in [1.54, 1.807) is 0 Å². The zero-order valence-electron chi connectivity index (χ0n) is 14.0. The van der Waals surface area contributed by atoms with Crippen LogP contribution < -0.4 is 5.32 Å². The molecule has 0 fully saturated rings. The van der Waals surface area contributed by atoms with Crippen LogP contribution in [0, 0.1) is 0 Å². The van der Waals surface area contributed by atoms with Gasteiger partial charge >= 0.3 is 0 Å². The van der Waals surface area contributed by atoms with Crippen molar-refractivity contribution in [2.75, 3.05) is 5.32 Å². The SMILES string of the molecule is CC(C)c1cc(NC(=O)c2cccn2CCc2ccccc2)n[nH]1. The van der Waals surface area contributed by atoms with Gasteiger partial charge in [-0.2, -0.15) is 5.10 Å². The van der Waals surface area contributed by atoms with Crippen molar-refractivity contribution in [2.24, 2.45) is 0 Å². The summed E-state index contributed by atoms with van der Waals surface area (Å²) in [4.78, 5) is 12.5. The molecule has 0 radical (unpaired) electrons. The first-order chi connectivity index (χ1) is 11.6. The van der Waals surface area contributed by atoms with Crippen molar-refractivity contribution in [3.63, 3.8) is 0 Å². The highest BCUT2D eigenvalue weighted by Crippen LogP contribution is 2.16. The Morgan fingerprint density at radius 2 is 2.00 bits per heavy atom. The van der Waals surface area contributed by atoms with E-state index >= 15 is 0 Å². The van der Waals surface area contributed by atoms with Gasteiger partial charge < -0.3 is 9.88 Å². The van der Waals surface area contributed by atoms with Crippen LogP contribution >= 0.6 is 0 Å². The Hall–Kier alpha value is -2.82. The highest BCUT2D eigenvalue weighted by molar-refractivity contribution is 6.02. The standard InChI is InChI=1S/C19H22N4O/c1-14(2)16-13-18(22-21-16)20-19(24)17-9-6-11-23(17)12-10-15-7-4-3-5-8-15/h3-9,11,13-14H,10,12H2,1-2H3,(H2,20,21,22,24). The molecule has 24 heavy (non-hydrogen) atoms. The van der Waals surface area contributed by atoms with Gasteiger partial charge in [0.05, 0.1) is 0 Å². The third kappa shape index (κ3) is 3.74. The number of hydrogen-bond donors (Lipinski definition) is 2. The van der Waals surface area contributed by atoms with Gasteiger partial charge in [0, 0.05) is 24.5 Å². The largest absolute Gasteiger partial charge is 0.343 e. The zero-order valence-corrected chi connectivity index (χ0v) is 14.0. The van der Waals surface area contributed by atoms with Crippen LogP contribution in [0.5, 0.6) is 0 Å². The topological polar surface area (TPSA) is 62.7 Å². The van der Waals surface area contributed by atoms with E-state index < -0.39 is 0 Å². The minimum Gasteiger partial charge on any atom is -0.343 e. The van der Waals surface area contributed by atoms with Crippen molar-refractivity contribution >= 4 is 11.7 Å². The molecule has 0 saturated carbocycles. The van der Waals surface area contributed by atoms with Gasteiger partial charge in [0.2, 0.25) is 0 Å². The first-order valence-corrected chi connectivity index (χ1v) is 8.19. The Kier molecular flexibility index (Phi) is 4.79. The summed E-state index contributed by atoms with van der Waals surface area (Å²) < 4.78 is 1.97. The molecule has 2 heterocycles. The van der Waals surface area contributed by atoms with Crippen molar-refractivity contribution in [1.29, 1.82) is 0 Å². The lowest BCUT2D eigenvalue weighted by Gasteiger charge is -2.09. The summed E-state index contributed by atoms with van der Waals surface area (Å²) in [5.41, 5.74) is 2.90. The second-order valence-corrected chi connectivity index (χ2v) is 6.14. The maximum absolute atomic E-state index is 12.5. The number of carbonyl (C=O) groups is 1. The Morgan fingerprint density at radius 3 is 2.71 bits per heavy atom. The minimum absolute atomic E-state index is 0.144. The Bertz CT molecular complexity index is 802. The maximum atomic E-state index is 12.5. The van der Waals surface area contributed by atoms with Crippen molar-refractivity contribution in [1.82, 2.24) is 14.8 Å². The predicted molar refractivity (Wildman–Crippen MR) is 95.2 cm³/mol. The molecule has 0 bridgehead atoms. The number of nitrogens with zero attached hydrogens (tertiary/aromatic N) is 2. The predicted octanol–water partition coefficient (Wildman–Crippen LogP) is 3.83. The van der Waals surface area contributed by atoms with Gasteiger partial charge in [0.1, 0.15) is 5.69 Å². The number of rotatable bonds is 6. The number of nitrogens with one attached hydrogen (secondary N) is 2. The normalized spacial score (nSPS) is 11.0. The van der Waals surface area contributed by atoms with E-state index in [1.807, 2.05) is 47.2 Å². The fourth-order valence-corrected chi connectivity index (χ4v) is 2.59. The van der Waals surface area contributed by atoms with E-state index in [2.05, 4.69) is 41.5 Å². The molecule has 3 rings (SSSR count). The van der Waals surface area contributed by atoms with Crippen LogP contribution in [0.3, 0.4) is 0 Å². The smallest absolute Gasteiger partial charge is 0.273 e. The summed E-state index contributed by atoms with van der Waals surface area (Å²) in [6.07, 6.45) is 2.82. The third-order valence-electron chi connectivity index (χ3n) is 4.01. The first-order valence-electron chi connectivity index (χ1n) is 8.19. The summed E-state index contributed by atoms with van der Waals surface area (Å²) in [6, 6.07) is 15.9. The molecular formula is C19H22N4O. The fraction of sp³-hybridized carbons (Fsp3) is 0.263. The van der Waals surface area contributed by atoms with E-state index in [-0.39, 0.29) is 5.91 Å². The highest BCUT2D eigenvalue weighted by Gasteiger charge is 2.13. The van der Waals surface area contributed by atoms with E-state index in [0.717, 1.165) is 18.7 Å². The lowest BCUT2D eigenvalue weighted by Crippen LogP contribution is -2.17. The lowest BCUT2D eigenvalue weighted by atomic mass is 10.1. The summed E-state index contributed by atoms with van der Waals surface area (Å²) in [5.74, 6) is 0.757. The van der Waals surface area contributed by atoms with Crippen molar-refractivity contribution < 1.29 is 4.79 Å². The number of H-pyrrole nitrogens is 1. The summed E-state index contributed by atoms with van der Waals surface area (Å²) in [7, 11) is 0. The molecule has 2 N–H and O–H groups in total. The molecule has 3 aromatic rings. The van der Waals surface area contributed by atoms with Crippen LogP contribution in [0.2, 0.25) is 0 Å². The Balaban J connectivity index is 1.66. The average Bonchev–Trinajstić information content (AvgIpc) is 3.23. The lowest BCUT2D eigenvalue weighted by molar-refractivity contribution is 0.101. The summed E-state index contributed by atoms with van der Waals surface area (Å²) >= 11 is 0. The van der Waals surface area contributed by atoms with Crippen LogP contribution in [-0.4, -0.2) is 20.7 Å². The number of hydrogen-bond acceptors (Lipinski definition) is 2. The van der Waals surface area contributed by atoms with E-state index in [4.69, 9.17) is 0 Å². The van der Waals surface area contributed by atoms with E-state index in [1.165, 1.54) is 5.56 Å². The third-order valence-corrected chi connectivity index (χ3v) is 4.01. The Morgan fingerprint density at radius 1 is 1.21 bits per heavy atom. The van der Waals surface area contributed by atoms with Crippen LogP contribution in [0.4, 0.5) is 5.82 Å². The second-order valence-electron chi connectivity index (χ2n) is 6.14. The van der Waals surface area contributed by atoms with Crippen LogP contribution in [-0.2, 0) is 13.0 Å². The molecule has 1 amide bonds. The van der Waals surface area contributed by atoms with Gasteiger partial charge in [-0.3, -0.25) is 9.89 Å². The number of aryl methyl sites for hydroxylation is 2. The first kappa shape index (κ1) is 16.1. The summed E-state index contributed by atoms with van der Waals surface area (Å²) in [5, 5.41) is 9.95. The number of amides is 1. The van der Waals surface area contributed by atoms with E-state index in [9.17, 15) is 4.79 Å². The molecule has 0 aliphatic carbocycles. The molecule has 0 saturated heterocycles. The average molecular weight is 322 g/mol. The van der Waals surface area contributed by atoms with Gasteiger partial charge in [-0.05, 0) is 30.0 Å². The molecule has 124 valence electrons. The number of aromatic nitrogens is 3. The Labute approximate surface area is 141 Å². The molecule has 0 atom stereocenters. The summed E-state index contributed by atoms with van der Waals surface area (Å²) in [6.45, 7) is 4.92. The van der Waals surface area contributed by atoms with Gasteiger partial charge in [0.15, 0.2) is 5.82 Å². The fourth-order valence-electron chi connectivity index (χ4n) is 2.59. The molecule has 2 aromatic heterocycles. The molecule has 0 aliphatic rings. The van der Waals surface area contributed by atoms with Crippen molar-refractivity contribution in [3.8, 4) is 0 Å². The number of aromatic amines is 1. The van der Waals surface area contributed by atoms with E-state index in [0.29, 0.717) is 17.4 Å². The maximum Gasteiger partial charge on any atom is 0.273 e. The molecule has 5 heteroatoms. The molecule has 0 spiro atoms. The van der Waals surface area contributed by atoms with Crippen LogP contribution in [0.25, 0.3) is 0 Å². The monoisotopic (exact) mass is 322 g/mol. The molecule has 5 nitrogen and oxygen atoms in total. The number of benzene rings is 1. The zero-order chi connectivity index (χ0) is 16.9. The van der Waals surface area contributed by atoms with Gasteiger partial charge in [-0.1, -0.05) is 44.2 Å². The van der Waals surface area contributed by atoms with Crippen molar-refractivity contribution in [3.05, 3.63) is 71.7 Å². The van der Waals surface area contributed by atoms with Crippen molar-refractivity contribution in [2.45, 2.75) is 32.7 Å². The van der Waals surface area contributed by atoms with Gasteiger partial charge in [-0.25, -0.2) is 0 Å². The molecule has 0 aliphatic heterocycles. The molecule has 0 unspecified atom stereocenters. The molecule has 1 aromatic carbocycles. The number of carbonyl (C=O) groups excluding carboxylic acids is 1. The van der Waals surface area contributed by atoms with Gasteiger partial charge in [0.25, 0.3) is 5.91 Å². The van der Waals surface area contributed by atoms with Gasteiger partial charge in [-0.15, -0.1) is 0 Å².